The van der Waals surface area contributed by atoms with Gasteiger partial charge in [0, 0.05) is 18.3 Å². The number of hydrogen-bond donors (Lipinski definition) is 1. The Balaban J connectivity index is 1.99. The second-order valence-corrected chi connectivity index (χ2v) is 4.94. The molecular formula is C13H16N6. The third-order valence-electron chi connectivity index (χ3n) is 3.37. The summed E-state index contributed by atoms with van der Waals surface area (Å²) in [6, 6.07) is 0. The molecule has 0 bridgehead atoms. The summed E-state index contributed by atoms with van der Waals surface area (Å²) in [6.45, 7) is 1.94. The number of nitrogens with two attached hydrogens (primary N) is 1. The summed E-state index contributed by atoms with van der Waals surface area (Å²) in [5.74, 6) is 2.39. The van der Waals surface area contributed by atoms with Crippen molar-refractivity contribution in [1.82, 2.24) is 24.9 Å². The van der Waals surface area contributed by atoms with Gasteiger partial charge in [0.2, 0.25) is 11.8 Å². The monoisotopic (exact) mass is 256 g/mol. The molecular weight excluding hydrogens is 240 g/mol. The van der Waals surface area contributed by atoms with Crippen molar-refractivity contribution in [3.8, 4) is 11.6 Å². The first kappa shape index (κ1) is 12.0. The maximum atomic E-state index is 5.78. The molecule has 0 amide bonds. The first-order valence-electron chi connectivity index (χ1n) is 6.53. The predicted octanol–water partition coefficient (Wildman–Crippen LogP) is 1.88. The number of nitrogen functional groups attached to an aromatic ring is 1. The molecule has 0 spiro atoms. The fraction of sp³-hybridized carbons (Fsp3) is 0.462. The molecule has 2 aromatic heterocycles. The van der Waals surface area contributed by atoms with Crippen molar-refractivity contribution in [3.63, 3.8) is 0 Å². The third-order valence-corrected chi connectivity index (χ3v) is 3.37. The number of anilines is 1. The first-order valence-corrected chi connectivity index (χ1v) is 6.53. The Morgan fingerprint density at radius 2 is 1.68 bits per heavy atom. The van der Waals surface area contributed by atoms with Gasteiger partial charge < -0.3 is 5.73 Å². The summed E-state index contributed by atoms with van der Waals surface area (Å²) in [4.78, 5) is 21.4. The number of rotatable bonds is 2. The molecule has 0 unspecified atom stereocenters. The standard InChI is InChI=1S/C13H16N6/c1-8-6-15-11(16-7-8)12-17-10(18-13(14)19-12)9-4-2-3-5-9/h6-7,9H,2-5H2,1H3,(H2,14,17,18,19). The molecule has 2 N–H and O–H groups in total. The first-order chi connectivity index (χ1) is 9.22. The third kappa shape index (κ3) is 2.52. The zero-order chi connectivity index (χ0) is 13.2. The van der Waals surface area contributed by atoms with Crippen molar-refractivity contribution in [3.05, 3.63) is 23.8 Å². The van der Waals surface area contributed by atoms with E-state index >= 15 is 0 Å². The van der Waals surface area contributed by atoms with Crippen LogP contribution in [0.4, 0.5) is 5.95 Å². The van der Waals surface area contributed by atoms with Gasteiger partial charge in [-0.2, -0.15) is 9.97 Å². The van der Waals surface area contributed by atoms with E-state index in [1.54, 1.807) is 12.4 Å². The van der Waals surface area contributed by atoms with E-state index in [9.17, 15) is 0 Å². The van der Waals surface area contributed by atoms with Crippen LogP contribution >= 0.6 is 0 Å². The average molecular weight is 256 g/mol. The number of nitrogens with zero attached hydrogens (tertiary/aromatic N) is 5. The molecule has 0 aliphatic heterocycles. The Labute approximate surface area is 111 Å². The van der Waals surface area contributed by atoms with Crippen molar-refractivity contribution in [2.75, 3.05) is 5.73 Å². The minimum Gasteiger partial charge on any atom is -0.368 e. The Morgan fingerprint density at radius 3 is 2.37 bits per heavy atom. The van der Waals surface area contributed by atoms with Gasteiger partial charge in [-0.1, -0.05) is 12.8 Å². The Kier molecular flexibility index (Phi) is 3.06. The second-order valence-electron chi connectivity index (χ2n) is 4.94. The summed E-state index contributed by atoms with van der Waals surface area (Å²) in [7, 11) is 0. The topological polar surface area (TPSA) is 90.5 Å². The van der Waals surface area contributed by atoms with E-state index in [4.69, 9.17) is 5.73 Å². The van der Waals surface area contributed by atoms with Crippen LogP contribution < -0.4 is 5.73 Å². The summed E-state index contributed by atoms with van der Waals surface area (Å²) in [5, 5.41) is 0. The molecule has 2 heterocycles. The summed E-state index contributed by atoms with van der Waals surface area (Å²) in [6.07, 6.45) is 8.20. The second kappa shape index (κ2) is 4.87. The van der Waals surface area contributed by atoms with Gasteiger partial charge in [-0.3, -0.25) is 0 Å². The molecule has 0 atom stereocenters. The molecule has 19 heavy (non-hydrogen) atoms. The predicted molar refractivity (Wildman–Crippen MR) is 71.2 cm³/mol. The Bertz CT molecular complexity index is 574. The van der Waals surface area contributed by atoms with Crippen LogP contribution in [0.2, 0.25) is 0 Å². The summed E-state index contributed by atoms with van der Waals surface area (Å²) < 4.78 is 0. The molecule has 3 rings (SSSR count). The van der Waals surface area contributed by atoms with Gasteiger partial charge in [-0.05, 0) is 25.3 Å². The van der Waals surface area contributed by atoms with Crippen molar-refractivity contribution < 1.29 is 0 Å². The Morgan fingerprint density at radius 1 is 1.00 bits per heavy atom. The number of aryl methyl sites for hydroxylation is 1. The van der Waals surface area contributed by atoms with E-state index in [0.29, 0.717) is 17.6 Å². The smallest absolute Gasteiger partial charge is 0.223 e. The minimum atomic E-state index is 0.246. The van der Waals surface area contributed by atoms with Gasteiger partial charge in [0.15, 0.2) is 5.82 Å². The van der Waals surface area contributed by atoms with Crippen LogP contribution in [0.3, 0.4) is 0 Å². The molecule has 6 heteroatoms. The molecule has 0 aromatic carbocycles. The van der Waals surface area contributed by atoms with Crippen molar-refractivity contribution in [2.45, 2.75) is 38.5 Å². The SMILES string of the molecule is Cc1cnc(-c2nc(N)nc(C3CCCC3)n2)nc1. The molecule has 1 fully saturated rings. The number of hydrogen-bond acceptors (Lipinski definition) is 6. The highest BCUT2D eigenvalue weighted by Crippen LogP contribution is 2.32. The Hall–Kier alpha value is -2.11. The quantitative estimate of drug-likeness (QED) is 0.882. The van der Waals surface area contributed by atoms with E-state index < -0.39 is 0 Å². The molecule has 0 radical (unpaired) electrons. The number of aromatic nitrogens is 5. The molecule has 6 nitrogen and oxygen atoms in total. The molecule has 2 aromatic rings. The summed E-state index contributed by atoms with van der Waals surface area (Å²) >= 11 is 0. The van der Waals surface area contributed by atoms with Crippen LogP contribution in [0.1, 0.15) is 43.0 Å². The van der Waals surface area contributed by atoms with Crippen LogP contribution in [-0.4, -0.2) is 24.9 Å². The van der Waals surface area contributed by atoms with Crippen molar-refractivity contribution in [1.29, 1.82) is 0 Å². The largest absolute Gasteiger partial charge is 0.368 e. The highest BCUT2D eigenvalue weighted by Gasteiger charge is 2.21. The molecule has 0 saturated heterocycles. The van der Waals surface area contributed by atoms with Crippen LogP contribution in [0.15, 0.2) is 12.4 Å². The van der Waals surface area contributed by atoms with Gasteiger partial charge in [0.1, 0.15) is 5.82 Å². The molecule has 1 aliphatic rings. The minimum absolute atomic E-state index is 0.246. The van der Waals surface area contributed by atoms with Crippen LogP contribution in [0, 0.1) is 6.92 Å². The highest BCUT2D eigenvalue weighted by molar-refractivity contribution is 5.44. The van der Waals surface area contributed by atoms with Crippen molar-refractivity contribution >= 4 is 5.95 Å². The van der Waals surface area contributed by atoms with E-state index in [1.807, 2.05) is 6.92 Å². The zero-order valence-electron chi connectivity index (χ0n) is 10.9. The van der Waals surface area contributed by atoms with E-state index in [1.165, 1.54) is 12.8 Å². The highest BCUT2D eigenvalue weighted by atomic mass is 15.1. The lowest BCUT2D eigenvalue weighted by atomic mass is 10.1. The normalized spacial score (nSPS) is 15.8. The molecule has 1 aliphatic carbocycles. The maximum absolute atomic E-state index is 5.78. The van der Waals surface area contributed by atoms with Crippen LogP contribution in [0.5, 0.6) is 0 Å². The van der Waals surface area contributed by atoms with Crippen LogP contribution in [-0.2, 0) is 0 Å². The van der Waals surface area contributed by atoms with Gasteiger partial charge in [-0.15, -0.1) is 0 Å². The lowest BCUT2D eigenvalue weighted by Gasteiger charge is -2.09. The molecule has 98 valence electrons. The van der Waals surface area contributed by atoms with E-state index in [2.05, 4.69) is 24.9 Å². The van der Waals surface area contributed by atoms with E-state index in [-0.39, 0.29) is 5.95 Å². The lowest BCUT2D eigenvalue weighted by molar-refractivity contribution is 0.664. The summed E-state index contributed by atoms with van der Waals surface area (Å²) in [5.41, 5.74) is 6.78. The zero-order valence-corrected chi connectivity index (χ0v) is 10.9. The van der Waals surface area contributed by atoms with Gasteiger partial charge in [0.05, 0.1) is 0 Å². The van der Waals surface area contributed by atoms with Gasteiger partial charge in [-0.25, -0.2) is 15.0 Å². The van der Waals surface area contributed by atoms with E-state index in [0.717, 1.165) is 24.2 Å². The lowest BCUT2D eigenvalue weighted by Crippen LogP contribution is -2.08. The van der Waals surface area contributed by atoms with Gasteiger partial charge >= 0.3 is 0 Å². The average Bonchev–Trinajstić information content (AvgIpc) is 2.93. The maximum Gasteiger partial charge on any atom is 0.223 e. The fourth-order valence-electron chi connectivity index (χ4n) is 2.38. The van der Waals surface area contributed by atoms with Crippen molar-refractivity contribution in [2.24, 2.45) is 0 Å². The fourth-order valence-corrected chi connectivity index (χ4v) is 2.38. The molecule has 1 saturated carbocycles. The van der Waals surface area contributed by atoms with Crippen LogP contribution in [0.25, 0.3) is 11.6 Å². The van der Waals surface area contributed by atoms with Gasteiger partial charge in [0.25, 0.3) is 0 Å².